The monoisotopic (exact) mass is 513 g/mol. The fourth-order valence-corrected chi connectivity index (χ4v) is 8.51. The number of carbonyl (C=O) groups is 2. The predicted molar refractivity (Wildman–Crippen MR) is 139 cm³/mol. The third-order valence-corrected chi connectivity index (χ3v) is 10.3. The molecule has 4 N–H and O–H groups in total. The Morgan fingerprint density at radius 2 is 1.78 bits per heavy atom. The number of likely N-dealkylation sites (N-methyl/N-ethyl adjacent to an activating group) is 1. The van der Waals surface area contributed by atoms with Crippen LogP contribution in [0.4, 0.5) is 0 Å². The summed E-state index contributed by atoms with van der Waals surface area (Å²) in [5, 5.41) is 45.4. The lowest BCUT2D eigenvalue weighted by atomic mass is 9.56. The van der Waals surface area contributed by atoms with Crippen LogP contribution in [0.3, 0.4) is 0 Å². The standard InChI is InChI=1S/C28H35NO6S/c1-14-24(31)23(29(2)3)19-12-17-18(13-36-15-8-5-4-6-9-15)16-10-7-11-20(30)21(16)25(32)22(17)27(34)28(19,35)26(14)33/h7,10-11,15,17-19,23,30-31,34-35H,4-6,8-9,12-13H2,1-3H3. The van der Waals surface area contributed by atoms with Crippen molar-refractivity contribution in [3.05, 3.63) is 52.0 Å². The molecule has 7 nitrogen and oxygen atoms in total. The van der Waals surface area contributed by atoms with Gasteiger partial charge in [0.25, 0.3) is 0 Å². The third-order valence-electron chi connectivity index (χ3n) is 8.82. The molecular formula is C28H35NO6S. The Labute approximate surface area is 215 Å². The van der Waals surface area contributed by atoms with E-state index in [1.807, 2.05) is 17.8 Å². The van der Waals surface area contributed by atoms with Gasteiger partial charge in [0.15, 0.2) is 11.4 Å². The fraction of sp³-hybridized carbons (Fsp3) is 0.571. The minimum atomic E-state index is -2.31. The van der Waals surface area contributed by atoms with Gasteiger partial charge < -0.3 is 20.4 Å². The van der Waals surface area contributed by atoms with E-state index in [-0.39, 0.29) is 40.6 Å². The molecule has 36 heavy (non-hydrogen) atoms. The van der Waals surface area contributed by atoms with Gasteiger partial charge in [-0.15, -0.1) is 0 Å². The first-order valence-electron chi connectivity index (χ1n) is 12.8. The van der Waals surface area contributed by atoms with E-state index in [1.54, 1.807) is 25.1 Å². The van der Waals surface area contributed by atoms with Crippen molar-refractivity contribution in [3.8, 4) is 5.75 Å². The smallest absolute Gasteiger partial charge is 0.201 e. The molecule has 0 bridgehead atoms. The van der Waals surface area contributed by atoms with Gasteiger partial charge in [0.1, 0.15) is 17.3 Å². The number of aliphatic hydroxyl groups excluding tert-OH is 2. The summed E-state index contributed by atoms with van der Waals surface area (Å²) >= 11 is 1.87. The number of Topliss-reactive ketones (excluding diaryl/α,β-unsaturated/α-hetero) is 2. The van der Waals surface area contributed by atoms with E-state index < -0.39 is 40.8 Å². The van der Waals surface area contributed by atoms with Gasteiger partial charge >= 0.3 is 0 Å². The molecule has 5 atom stereocenters. The molecule has 0 saturated heterocycles. The molecule has 0 aliphatic heterocycles. The molecular weight excluding hydrogens is 478 g/mol. The van der Waals surface area contributed by atoms with E-state index in [9.17, 15) is 30.0 Å². The highest BCUT2D eigenvalue weighted by Crippen LogP contribution is 2.56. The van der Waals surface area contributed by atoms with Crippen molar-refractivity contribution in [2.45, 2.75) is 68.3 Å². The predicted octanol–water partition coefficient (Wildman–Crippen LogP) is 4.26. The first kappa shape index (κ1) is 25.4. The van der Waals surface area contributed by atoms with Gasteiger partial charge in [-0.25, -0.2) is 0 Å². The second-order valence-electron chi connectivity index (χ2n) is 11.0. The summed E-state index contributed by atoms with van der Waals surface area (Å²) in [4.78, 5) is 28.8. The number of phenols is 1. The van der Waals surface area contributed by atoms with Gasteiger partial charge in [0.05, 0.1) is 11.6 Å². The Morgan fingerprint density at radius 1 is 1.08 bits per heavy atom. The van der Waals surface area contributed by atoms with Crippen LogP contribution in [0, 0.1) is 11.8 Å². The van der Waals surface area contributed by atoms with Gasteiger partial charge in [0, 0.05) is 34.0 Å². The lowest BCUT2D eigenvalue weighted by Gasteiger charge is -2.51. The number of fused-ring (bicyclic) bond motifs is 3. The molecule has 1 saturated carbocycles. The maximum atomic E-state index is 13.7. The SMILES string of the molecule is CC1=C(O)C(N(C)C)C2CC3C(=C(O)C2(O)C1=O)C(=O)c1c(O)cccc1C3CSC1CCCCC1. The van der Waals surface area contributed by atoms with Crippen LogP contribution in [0.2, 0.25) is 0 Å². The summed E-state index contributed by atoms with van der Waals surface area (Å²) in [6.45, 7) is 1.43. The van der Waals surface area contributed by atoms with E-state index in [0.717, 1.165) is 18.4 Å². The third kappa shape index (κ3) is 3.63. The average molecular weight is 514 g/mol. The highest BCUT2D eigenvalue weighted by molar-refractivity contribution is 7.99. The zero-order chi connectivity index (χ0) is 25.9. The van der Waals surface area contributed by atoms with Crippen LogP contribution < -0.4 is 0 Å². The van der Waals surface area contributed by atoms with Gasteiger partial charge in [-0.05, 0) is 57.8 Å². The quantitative estimate of drug-likeness (QED) is 0.472. The van der Waals surface area contributed by atoms with Crippen LogP contribution in [-0.4, -0.2) is 73.6 Å². The Morgan fingerprint density at radius 3 is 2.44 bits per heavy atom. The summed E-state index contributed by atoms with van der Waals surface area (Å²) in [7, 11) is 3.52. The second-order valence-corrected chi connectivity index (χ2v) is 12.3. The van der Waals surface area contributed by atoms with Crippen molar-refractivity contribution >= 4 is 23.3 Å². The zero-order valence-electron chi connectivity index (χ0n) is 21.0. The van der Waals surface area contributed by atoms with Gasteiger partial charge in [-0.3, -0.25) is 14.5 Å². The molecule has 0 heterocycles. The van der Waals surface area contributed by atoms with E-state index in [4.69, 9.17) is 0 Å². The number of thioether (sulfide) groups is 1. The molecule has 194 valence electrons. The number of aromatic hydroxyl groups is 1. The first-order valence-corrected chi connectivity index (χ1v) is 13.9. The van der Waals surface area contributed by atoms with Crippen LogP contribution in [-0.2, 0) is 4.79 Å². The molecule has 1 fully saturated rings. The molecule has 0 aromatic heterocycles. The zero-order valence-corrected chi connectivity index (χ0v) is 21.8. The second kappa shape index (κ2) is 9.23. The number of hydrogen-bond donors (Lipinski definition) is 4. The van der Waals surface area contributed by atoms with Crippen molar-refractivity contribution < 1.29 is 30.0 Å². The Hall–Kier alpha value is -2.29. The molecule has 0 spiro atoms. The van der Waals surface area contributed by atoms with Crippen molar-refractivity contribution in [2.24, 2.45) is 11.8 Å². The number of hydrogen-bond acceptors (Lipinski definition) is 8. The van der Waals surface area contributed by atoms with Crippen LogP contribution >= 0.6 is 11.8 Å². The van der Waals surface area contributed by atoms with E-state index in [2.05, 4.69) is 0 Å². The number of nitrogens with zero attached hydrogens (tertiary/aromatic N) is 1. The van der Waals surface area contributed by atoms with Crippen LogP contribution in [0.5, 0.6) is 5.75 Å². The minimum absolute atomic E-state index is 0.0195. The summed E-state index contributed by atoms with van der Waals surface area (Å²) in [6.07, 6.45) is 6.23. The highest BCUT2D eigenvalue weighted by Gasteiger charge is 2.62. The lowest BCUT2D eigenvalue weighted by Crippen LogP contribution is -2.63. The number of carbonyl (C=O) groups excluding carboxylic acids is 2. The molecule has 0 radical (unpaired) electrons. The maximum absolute atomic E-state index is 13.7. The number of ketones is 2. The summed E-state index contributed by atoms with van der Waals surface area (Å²) in [5.41, 5.74) is -1.41. The largest absolute Gasteiger partial charge is 0.510 e. The van der Waals surface area contributed by atoms with Crippen molar-refractivity contribution in [1.82, 2.24) is 4.90 Å². The van der Waals surface area contributed by atoms with Crippen molar-refractivity contribution in [2.75, 3.05) is 19.8 Å². The maximum Gasteiger partial charge on any atom is 0.201 e. The van der Waals surface area contributed by atoms with Crippen molar-refractivity contribution in [1.29, 1.82) is 0 Å². The number of aliphatic hydroxyl groups is 3. The molecule has 5 unspecified atom stereocenters. The fourth-order valence-electron chi connectivity index (χ4n) is 6.95. The van der Waals surface area contributed by atoms with Gasteiger partial charge in [-0.2, -0.15) is 11.8 Å². The topological polar surface area (TPSA) is 118 Å². The summed E-state index contributed by atoms with van der Waals surface area (Å²) in [5.74, 6) is -2.98. The first-order chi connectivity index (χ1) is 17.1. The van der Waals surface area contributed by atoms with Crippen molar-refractivity contribution in [3.63, 3.8) is 0 Å². The number of rotatable bonds is 4. The average Bonchev–Trinajstić information content (AvgIpc) is 2.85. The molecule has 1 aromatic carbocycles. The Balaban J connectivity index is 1.65. The number of allylic oxidation sites excluding steroid dienone is 1. The van der Waals surface area contributed by atoms with Gasteiger partial charge in [-0.1, -0.05) is 31.4 Å². The Kier molecular flexibility index (Phi) is 6.50. The van der Waals surface area contributed by atoms with Crippen LogP contribution in [0.25, 0.3) is 0 Å². The van der Waals surface area contributed by atoms with E-state index in [0.29, 0.717) is 11.0 Å². The Bertz CT molecular complexity index is 1170. The normalized spacial score (nSPS) is 33.0. The molecule has 5 rings (SSSR count). The molecule has 1 aromatic rings. The molecule has 4 aliphatic carbocycles. The number of benzene rings is 1. The lowest BCUT2D eigenvalue weighted by molar-refractivity contribution is -0.147. The van der Waals surface area contributed by atoms with E-state index >= 15 is 0 Å². The summed E-state index contributed by atoms with van der Waals surface area (Å²) < 4.78 is 0. The van der Waals surface area contributed by atoms with E-state index in [1.165, 1.54) is 32.3 Å². The molecule has 8 heteroatoms. The van der Waals surface area contributed by atoms with Crippen LogP contribution in [0.15, 0.2) is 40.9 Å². The highest BCUT2D eigenvalue weighted by atomic mass is 32.2. The summed E-state index contributed by atoms with van der Waals surface area (Å²) in [6, 6.07) is 4.37. The molecule has 0 amide bonds. The van der Waals surface area contributed by atoms with Crippen LogP contribution in [0.1, 0.15) is 67.3 Å². The number of phenolic OH excluding ortho intramolecular Hbond substituents is 1. The minimum Gasteiger partial charge on any atom is -0.510 e. The van der Waals surface area contributed by atoms with Gasteiger partial charge in [0.2, 0.25) is 5.78 Å². The molecule has 4 aliphatic rings.